The summed E-state index contributed by atoms with van der Waals surface area (Å²) in [6.45, 7) is 8.61. The lowest BCUT2D eigenvalue weighted by atomic mass is 9.81. The number of hydrogen-bond acceptors (Lipinski definition) is 2. The van der Waals surface area contributed by atoms with Crippen LogP contribution in [-0.2, 0) is 4.79 Å². The van der Waals surface area contributed by atoms with Gasteiger partial charge in [0.15, 0.2) is 0 Å². The topological polar surface area (TPSA) is 32.3 Å². The monoisotopic (exact) mass is 280 g/mol. The fourth-order valence-electron chi connectivity index (χ4n) is 3.96. The minimum Gasteiger partial charge on any atom is -0.341 e. The lowest BCUT2D eigenvalue weighted by Crippen LogP contribution is -2.48. The number of carbonyl (C=O) groups excluding carboxylic acids is 1. The zero-order chi connectivity index (χ0) is 14.5. The fraction of sp³-hybridized carbons (Fsp3) is 0.941. The molecular weight excluding hydrogens is 248 g/mol. The average molecular weight is 280 g/mol. The van der Waals surface area contributed by atoms with Gasteiger partial charge in [-0.3, -0.25) is 4.79 Å². The molecule has 2 fully saturated rings. The Hall–Kier alpha value is -0.570. The third-order valence-corrected chi connectivity index (χ3v) is 4.86. The Kier molecular flexibility index (Phi) is 5.88. The highest BCUT2D eigenvalue weighted by Crippen LogP contribution is 2.29. The molecule has 2 rings (SSSR count). The van der Waals surface area contributed by atoms with Crippen LogP contribution in [0, 0.1) is 11.8 Å². The second-order valence-electron chi connectivity index (χ2n) is 7.28. The van der Waals surface area contributed by atoms with Gasteiger partial charge in [0.05, 0.1) is 6.04 Å². The minimum absolute atomic E-state index is 0.00380. The molecule has 3 atom stereocenters. The van der Waals surface area contributed by atoms with Crippen LogP contribution in [0.5, 0.6) is 0 Å². The van der Waals surface area contributed by atoms with Crippen LogP contribution in [0.1, 0.15) is 65.7 Å². The first kappa shape index (κ1) is 15.8. The number of amides is 1. The number of rotatable bonds is 5. The zero-order valence-corrected chi connectivity index (χ0v) is 13.5. The summed E-state index contributed by atoms with van der Waals surface area (Å²) in [5, 5.41) is 3.61. The molecule has 3 nitrogen and oxygen atoms in total. The van der Waals surface area contributed by atoms with Gasteiger partial charge in [0, 0.05) is 19.1 Å². The Balaban J connectivity index is 1.78. The molecule has 3 unspecified atom stereocenters. The normalized spacial score (nSPS) is 28.9. The van der Waals surface area contributed by atoms with Crippen LogP contribution < -0.4 is 5.32 Å². The lowest BCUT2D eigenvalue weighted by molar-refractivity contribution is -0.132. The predicted octanol–water partition coefficient (Wildman–Crippen LogP) is 3.19. The van der Waals surface area contributed by atoms with Crippen LogP contribution in [-0.4, -0.2) is 36.0 Å². The third kappa shape index (κ3) is 4.47. The summed E-state index contributed by atoms with van der Waals surface area (Å²) in [5.74, 6) is 1.96. The first-order chi connectivity index (χ1) is 9.56. The second kappa shape index (κ2) is 7.44. The van der Waals surface area contributed by atoms with Gasteiger partial charge in [0.2, 0.25) is 5.91 Å². The molecule has 1 amide bonds. The maximum atomic E-state index is 12.3. The summed E-state index contributed by atoms with van der Waals surface area (Å²) in [4.78, 5) is 14.4. The van der Waals surface area contributed by atoms with Crippen molar-refractivity contribution in [2.24, 2.45) is 11.8 Å². The maximum Gasteiger partial charge on any atom is 0.239 e. The molecule has 0 aromatic carbocycles. The van der Waals surface area contributed by atoms with Gasteiger partial charge in [-0.15, -0.1) is 0 Å². The summed E-state index contributed by atoms with van der Waals surface area (Å²) >= 11 is 0. The van der Waals surface area contributed by atoms with Crippen LogP contribution in [0.15, 0.2) is 0 Å². The summed E-state index contributed by atoms with van der Waals surface area (Å²) in [5.41, 5.74) is 0. The molecule has 1 saturated heterocycles. The van der Waals surface area contributed by atoms with E-state index >= 15 is 0 Å². The highest BCUT2D eigenvalue weighted by atomic mass is 16.2. The smallest absolute Gasteiger partial charge is 0.239 e. The van der Waals surface area contributed by atoms with Crippen molar-refractivity contribution in [3.63, 3.8) is 0 Å². The van der Waals surface area contributed by atoms with E-state index in [1.54, 1.807) is 0 Å². The molecule has 1 heterocycles. The van der Waals surface area contributed by atoms with Gasteiger partial charge in [0.25, 0.3) is 0 Å². The standard InChI is InChI=1S/C17H32N2O/c1-13(2)11-15-7-6-8-16(12-15)18-14(3)17(20)19-9-4-5-10-19/h13-16,18H,4-12H2,1-3H3. The molecule has 116 valence electrons. The lowest BCUT2D eigenvalue weighted by Gasteiger charge is -2.33. The molecule has 0 aromatic heterocycles. The van der Waals surface area contributed by atoms with Gasteiger partial charge in [-0.1, -0.05) is 26.7 Å². The molecule has 2 aliphatic rings. The molecule has 1 saturated carbocycles. The Morgan fingerprint density at radius 1 is 1.15 bits per heavy atom. The molecule has 3 heteroatoms. The summed E-state index contributed by atoms with van der Waals surface area (Å²) in [6, 6.07) is 0.546. The van der Waals surface area contributed by atoms with E-state index in [1.807, 2.05) is 11.8 Å². The van der Waals surface area contributed by atoms with Gasteiger partial charge < -0.3 is 10.2 Å². The van der Waals surface area contributed by atoms with Crippen LogP contribution in [0.4, 0.5) is 0 Å². The molecule has 0 radical (unpaired) electrons. The first-order valence-electron chi connectivity index (χ1n) is 8.61. The third-order valence-electron chi connectivity index (χ3n) is 4.86. The molecule has 20 heavy (non-hydrogen) atoms. The van der Waals surface area contributed by atoms with E-state index in [9.17, 15) is 4.79 Å². The van der Waals surface area contributed by atoms with Crippen LogP contribution in [0.3, 0.4) is 0 Å². The summed E-state index contributed by atoms with van der Waals surface area (Å²) < 4.78 is 0. The predicted molar refractivity (Wildman–Crippen MR) is 83.6 cm³/mol. The van der Waals surface area contributed by atoms with Gasteiger partial charge in [-0.2, -0.15) is 0 Å². The van der Waals surface area contributed by atoms with Crippen LogP contribution in [0.25, 0.3) is 0 Å². The summed E-state index contributed by atoms with van der Waals surface area (Å²) in [7, 11) is 0. The maximum absolute atomic E-state index is 12.3. The molecule has 0 spiro atoms. The number of nitrogens with one attached hydrogen (secondary N) is 1. The molecular formula is C17H32N2O. The van der Waals surface area contributed by atoms with E-state index in [0.717, 1.165) is 24.9 Å². The Labute approximate surface area is 124 Å². The van der Waals surface area contributed by atoms with E-state index in [2.05, 4.69) is 19.2 Å². The van der Waals surface area contributed by atoms with Gasteiger partial charge in [-0.25, -0.2) is 0 Å². The second-order valence-corrected chi connectivity index (χ2v) is 7.28. The number of likely N-dealkylation sites (tertiary alicyclic amines) is 1. The van der Waals surface area contributed by atoms with Crippen molar-refractivity contribution < 1.29 is 4.79 Å². The zero-order valence-electron chi connectivity index (χ0n) is 13.5. The average Bonchev–Trinajstić information content (AvgIpc) is 2.91. The van der Waals surface area contributed by atoms with Gasteiger partial charge >= 0.3 is 0 Å². The number of hydrogen-bond donors (Lipinski definition) is 1. The van der Waals surface area contributed by atoms with Crippen molar-refractivity contribution in [3.8, 4) is 0 Å². The van der Waals surface area contributed by atoms with Crippen molar-refractivity contribution in [3.05, 3.63) is 0 Å². The van der Waals surface area contributed by atoms with Crippen molar-refractivity contribution in [1.29, 1.82) is 0 Å². The van der Waals surface area contributed by atoms with Gasteiger partial charge in [-0.05, 0) is 50.9 Å². The van der Waals surface area contributed by atoms with Crippen molar-refractivity contribution in [1.82, 2.24) is 10.2 Å². The Morgan fingerprint density at radius 2 is 1.85 bits per heavy atom. The highest BCUT2D eigenvalue weighted by molar-refractivity contribution is 5.81. The van der Waals surface area contributed by atoms with Gasteiger partial charge in [0.1, 0.15) is 0 Å². The molecule has 1 aliphatic heterocycles. The van der Waals surface area contributed by atoms with E-state index in [0.29, 0.717) is 11.9 Å². The van der Waals surface area contributed by atoms with Crippen molar-refractivity contribution in [2.75, 3.05) is 13.1 Å². The van der Waals surface area contributed by atoms with Crippen LogP contribution >= 0.6 is 0 Å². The fourth-order valence-corrected chi connectivity index (χ4v) is 3.96. The van der Waals surface area contributed by atoms with Crippen molar-refractivity contribution >= 4 is 5.91 Å². The summed E-state index contributed by atoms with van der Waals surface area (Å²) in [6.07, 6.45) is 8.90. The number of nitrogens with zero attached hydrogens (tertiary/aromatic N) is 1. The number of carbonyl (C=O) groups is 1. The Bertz CT molecular complexity index is 310. The SMILES string of the molecule is CC(C)CC1CCCC(NC(C)C(=O)N2CCCC2)C1. The highest BCUT2D eigenvalue weighted by Gasteiger charge is 2.28. The molecule has 1 N–H and O–H groups in total. The molecule has 1 aliphatic carbocycles. The van der Waals surface area contributed by atoms with Crippen LogP contribution in [0.2, 0.25) is 0 Å². The van der Waals surface area contributed by atoms with E-state index in [4.69, 9.17) is 0 Å². The largest absolute Gasteiger partial charge is 0.341 e. The first-order valence-corrected chi connectivity index (χ1v) is 8.61. The minimum atomic E-state index is -0.00380. The van der Waals surface area contributed by atoms with E-state index in [1.165, 1.54) is 44.9 Å². The molecule has 0 aromatic rings. The van der Waals surface area contributed by atoms with Crippen molar-refractivity contribution in [2.45, 2.75) is 77.8 Å². The Morgan fingerprint density at radius 3 is 2.50 bits per heavy atom. The quantitative estimate of drug-likeness (QED) is 0.839. The molecule has 0 bridgehead atoms. The van der Waals surface area contributed by atoms with E-state index in [-0.39, 0.29) is 6.04 Å². The van der Waals surface area contributed by atoms with E-state index < -0.39 is 0 Å².